The number of ether oxygens (including phenoxy) is 2. The van der Waals surface area contributed by atoms with Gasteiger partial charge in [0.05, 0.1) is 17.7 Å². The predicted molar refractivity (Wildman–Crippen MR) is 116 cm³/mol. The lowest BCUT2D eigenvalue weighted by Crippen LogP contribution is -2.21. The molecule has 3 rings (SSSR count). The third-order valence-corrected chi connectivity index (χ3v) is 4.85. The van der Waals surface area contributed by atoms with E-state index >= 15 is 0 Å². The van der Waals surface area contributed by atoms with Crippen molar-refractivity contribution in [1.29, 1.82) is 0 Å². The first kappa shape index (κ1) is 22.1. The van der Waals surface area contributed by atoms with Crippen LogP contribution in [0.25, 0.3) is 0 Å². The molecule has 0 bridgehead atoms. The molecule has 1 N–H and O–H groups in total. The Balaban J connectivity index is 1.42. The van der Waals surface area contributed by atoms with E-state index in [1.807, 2.05) is 38.1 Å². The first-order valence-corrected chi connectivity index (χ1v) is 10.1. The molecule has 0 atom stereocenters. The van der Waals surface area contributed by atoms with Crippen molar-refractivity contribution in [3.05, 3.63) is 76.7 Å². The van der Waals surface area contributed by atoms with Crippen molar-refractivity contribution in [2.75, 3.05) is 11.9 Å². The number of benzene rings is 2. The zero-order valence-electron chi connectivity index (χ0n) is 17.9. The van der Waals surface area contributed by atoms with Crippen LogP contribution >= 0.6 is 0 Å². The molecule has 0 unspecified atom stereocenters. The van der Waals surface area contributed by atoms with Gasteiger partial charge in [0.1, 0.15) is 18.1 Å². The lowest BCUT2D eigenvalue weighted by Gasteiger charge is -2.08. The number of nitrogens with one attached hydrogen (secondary N) is 1. The second-order valence-corrected chi connectivity index (χ2v) is 7.17. The van der Waals surface area contributed by atoms with E-state index in [9.17, 15) is 9.59 Å². The Morgan fingerprint density at radius 1 is 1.00 bits per heavy atom. The summed E-state index contributed by atoms with van der Waals surface area (Å²) in [6.45, 7) is 5.81. The zero-order valence-corrected chi connectivity index (χ0v) is 17.9. The molecule has 7 nitrogen and oxygen atoms in total. The molecule has 0 saturated carbocycles. The summed E-state index contributed by atoms with van der Waals surface area (Å²) in [5, 5.41) is 6.61. The molecule has 162 valence electrons. The minimum Gasteiger partial charge on any atom is -0.489 e. The van der Waals surface area contributed by atoms with E-state index in [0.717, 1.165) is 29.0 Å². The van der Waals surface area contributed by atoms with Gasteiger partial charge in [-0.15, -0.1) is 0 Å². The fourth-order valence-electron chi connectivity index (χ4n) is 2.95. The minimum atomic E-state index is -0.471. The van der Waals surface area contributed by atoms with Gasteiger partial charge in [-0.3, -0.25) is 9.59 Å². The average Bonchev–Trinajstić information content (AvgIpc) is 3.09. The van der Waals surface area contributed by atoms with Crippen LogP contribution in [-0.4, -0.2) is 23.6 Å². The van der Waals surface area contributed by atoms with E-state index in [4.69, 9.17) is 14.0 Å². The van der Waals surface area contributed by atoms with Crippen molar-refractivity contribution in [2.45, 2.75) is 40.2 Å². The number of rotatable bonds is 9. The van der Waals surface area contributed by atoms with Crippen LogP contribution in [-0.2, 0) is 33.8 Å². The van der Waals surface area contributed by atoms with Crippen molar-refractivity contribution in [2.24, 2.45) is 0 Å². The standard InChI is InChI=1S/C24H26N2O5/c1-4-18-5-9-20(10-6-18)25-23(27)15-30-24(28)13-19-7-11-21(12-8-19)29-14-22-16(2)26-31-17(22)3/h5-12H,4,13-15H2,1-3H3,(H,25,27). The molecule has 31 heavy (non-hydrogen) atoms. The number of aromatic nitrogens is 1. The van der Waals surface area contributed by atoms with Crippen LogP contribution in [0.1, 0.15) is 35.1 Å². The fraction of sp³-hybridized carbons (Fsp3) is 0.292. The molecule has 0 saturated heterocycles. The van der Waals surface area contributed by atoms with Crippen molar-refractivity contribution in [3.63, 3.8) is 0 Å². The molecule has 0 aliphatic rings. The lowest BCUT2D eigenvalue weighted by molar-refractivity contribution is -0.146. The molecule has 1 heterocycles. The maximum Gasteiger partial charge on any atom is 0.310 e. The molecule has 0 radical (unpaired) electrons. The first-order valence-electron chi connectivity index (χ1n) is 10.1. The largest absolute Gasteiger partial charge is 0.489 e. The molecule has 0 fully saturated rings. The minimum absolute atomic E-state index is 0.0720. The van der Waals surface area contributed by atoms with Crippen molar-refractivity contribution in [1.82, 2.24) is 5.16 Å². The van der Waals surface area contributed by atoms with Gasteiger partial charge in [-0.2, -0.15) is 0 Å². The highest BCUT2D eigenvalue weighted by molar-refractivity contribution is 5.92. The summed E-state index contributed by atoms with van der Waals surface area (Å²) in [5.41, 5.74) is 4.35. The molecule has 0 aliphatic heterocycles. The molecule has 0 aliphatic carbocycles. The molecule has 1 amide bonds. The van der Waals surface area contributed by atoms with Crippen molar-refractivity contribution < 1.29 is 23.6 Å². The monoisotopic (exact) mass is 422 g/mol. The quantitative estimate of drug-likeness (QED) is 0.521. The Kier molecular flexibility index (Phi) is 7.43. The van der Waals surface area contributed by atoms with Crippen LogP contribution in [0.4, 0.5) is 5.69 Å². The summed E-state index contributed by atoms with van der Waals surface area (Å²) in [6, 6.07) is 14.7. The maximum atomic E-state index is 12.0. The smallest absolute Gasteiger partial charge is 0.310 e. The summed E-state index contributed by atoms with van der Waals surface area (Å²) in [6.07, 6.45) is 1.00. The first-order chi connectivity index (χ1) is 14.9. The van der Waals surface area contributed by atoms with Crippen molar-refractivity contribution >= 4 is 17.6 Å². The van der Waals surface area contributed by atoms with E-state index < -0.39 is 5.97 Å². The Morgan fingerprint density at radius 3 is 2.29 bits per heavy atom. The highest BCUT2D eigenvalue weighted by Gasteiger charge is 2.11. The van der Waals surface area contributed by atoms with Gasteiger partial charge in [0.25, 0.3) is 5.91 Å². The van der Waals surface area contributed by atoms with Crippen LogP contribution < -0.4 is 10.1 Å². The Labute approximate surface area is 181 Å². The average molecular weight is 422 g/mol. The maximum absolute atomic E-state index is 12.0. The summed E-state index contributed by atoms with van der Waals surface area (Å²) in [4.78, 5) is 24.0. The van der Waals surface area contributed by atoms with Gasteiger partial charge in [0, 0.05) is 5.69 Å². The number of amides is 1. The number of hydrogen-bond acceptors (Lipinski definition) is 6. The Morgan fingerprint density at radius 2 is 1.68 bits per heavy atom. The Bertz CT molecular complexity index is 1000. The van der Waals surface area contributed by atoms with Gasteiger partial charge in [-0.1, -0.05) is 36.3 Å². The van der Waals surface area contributed by atoms with Gasteiger partial charge in [-0.05, 0) is 55.7 Å². The second kappa shape index (κ2) is 10.4. The number of anilines is 1. The number of aryl methyl sites for hydroxylation is 3. The zero-order chi connectivity index (χ0) is 22.2. The van der Waals surface area contributed by atoms with Crippen LogP contribution in [0.2, 0.25) is 0 Å². The topological polar surface area (TPSA) is 90.7 Å². The number of esters is 1. The Hall–Kier alpha value is -3.61. The number of hydrogen-bond donors (Lipinski definition) is 1. The van der Waals surface area contributed by atoms with E-state index in [0.29, 0.717) is 18.0 Å². The van der Waals surface area contributed by atoms with Crippen LogP contribution in [0.15, 0.2) is 53.1 Å². The van der Waals surface area contributed by atoms with Crippen molar-refractivity contribution in [3.8, 4) is 5.75 Å². The van der Waals surface area contributed by atoms with E-state index in [1.165, 1.54) is 5.56 Å². The normalized spacial score (nSPS) is 10.5. The van der Waals surface area contributed by atoms with Gasteiger partial charge < -0.3 is 19.3 Å². The molecule has 0 spiro atoms. The van der Waals surface area contributed by atoms with Gasteiger partial charge in [0.15, 0.2) is 6.61 Å². The van der Waals surface area contributed by atoms with Crippen LogP contribution in [0.5, 0.6) is 5.75 Å². The van der Waals surface area contributed by atoms with E-state index in [2.05, 4.69) is 17.4 Å². The molecular formula is C24H26N2O5. The summed E-state index contributed by atoms with van der Waals surface area (Å²) in [5.74, 6) is 0.561. The van der Waals surface area contributed by atoms with E-state index in [-0.39, 0.29) is 18.9 Å². The second-order valence-electron chi connectivity index (χ2n) is 7.17. The molecular weight excluding hydrogens is 396 g/mol. The SMILES string of the molecule is CCc1ccc(NC(=O)COC(=O)Cc2ccc(OCc3c(C)noc3C)cc2)cc1. The lowest BCUT2D eigenvalue weighted by atomic mass is 10.1. The third-order valence-electron chi connectivity index (χ3n) is 4.85. The highest BCUT2D eigenvalue weighted by atomic mass is 16.5. The number of nitrogens with zero attached hydrogens (tertiary/aromatic N) is 1. The van der Waals surface area contributed by atoms with Gasteiger partial charge in [0.2, 0.25) is 0 Å². The van der Waals surface area contributed by atoms with E-state index in [1.54, 1.807) is 24.3 Å². The molecule has 7 heteroatoms. The molecule has 2 aromatic carbocycles. The van der Waals surface area contributed by atoms with Crippen LogP contribution in [0, 0.1) is 13.8 Å². The summed E-state index contributed by atoms with van der Waals surface area (Å²) >= 11 is 0. The third kappa shape index (κ3) is 6.44. The highest BCUT2D eigenvalue weighted by Crippen LogP contribution is 2.18. The summed E-state index contributed by atoms with van der Waals surface area (Å²) in [7, 11) is 0. The number of carbonyl (C=O) groups excluding carboxylic acids is 2. The van der Waals surface area contributed by atoms with Gasteiger partial charge in [-0.25, -0.2) is 0 Å². The van der Waals surface area contributed by atoms with Crippen LogP contribution in [0.3, 0.4) is 0 Å². The predicted octanol–water partition coefficient (Wildman–Crippen LogP) is 4.16. The molecule has 3 aromatic rings. The number of carbonyl (C=O) groups is 2. The summed E-state index contributed by atoms with van der Waals surface area (Å²) < 4.78 is 16.0. The fourth-order valence-corrected chi connectivity index (χ4v) is 2.95. The van der Waals surface area contributed by atoms with Gasteiger partial charge >= 0.3 is 5.97 Å². The molecule has 1 aromatic heterocycles.